The highest BCUT2D eigenvalue weighted by Crippen LogP contribution is 2.21. The fourth-order valence-corrected chi connectivity index (χ4v) is 1.71. The second kappa shape index (κ2) is 4.25. The Labute approximate surface area is 84.9 Å². The van der Waals surface area contributed by atoms with Gasteiger partial charge in [0.15, 0.2) is 0 Å². The first-order valence-corrected chi connectivity index (χ1v) is 5.06. The van der Waals surface area contributed by atoms with Gasteiger partial charge in [-0.1, -0.05) is 36.4 Å². The number of nitrogens with two attached hydrogens (primary N) is 1. The first kappa shape index (κ1) is 9.22. The van der Waals surface area contributed by atoms with Gasteiger partial charge in [-0.05, 0) is 35.6 Å². The average molecular weight is 185 g/mol. The Morgan fingerprint density at radius 1 is 1.21 bits per heavy atom. The fraction of sp³-hybridized carbons (Fsp3) is 0.231. The van der Waals surface area contributed by atoms with E-state index in [2.05, 4.69) is 42.5 Å². The van der Waals surface area contributed by atoms with Crippen molar-refractivity contribution < 1.29 is 0 Å². The molecule has 0 saturated carbocycles. The summed E-state index contributed by atoms with van der Waals surface area (Å²) in [6.45, 7) is 0.616. The van der Waals surface area contributed by atoms with Crippen molar-refractivity contribution in [2.24, 2.45) is 5.73 Å². The molecule has 2 rings (SSSR count). The summed E-state index contributed by atoms with van der Waals surface area (Å²) in [5.41, 5.74) is 9.41. The third-order valence-electron chi connectivity index (χ3n) is 2.49. The van der Waals surface area contributed by atoms with Crippen molar-refractivity contribution in [2.75, 3.05) is 0 Å². The zero-order chi connectivity index (χ0) is 9.80. The molecular formula is C13H15N. The normalized spacial score (nSPS) is 15.4. The van der Waals surface area contributed by atoms with Crippen molar-refractivity contribution in [1.29, 1.82) is 0 Å². The van der Waals surface area contributed by atoms with Crippen LogP contribution in [0.25, 0.3) is 5.57 Å². The Bertz CT molecular complexity index is 375. The molecule has 0 heterocycles. The van der Waals surface area contributed by atoms with Crippen molar-refractivity contribution in [3.05, 3.63) is 53.6 Å². The van der Waals surface area contributed by atoms with E-state index in [1.807, 2.05) is 0 Å². The van der Waals surface area contributed by atoms with E-state index in [0.717, 1.165) is 6.42 Å². The predicted octanol–water partition coefficient (Wildman–Crippen LogP) is 2.88. The van der Waals surface area contributed by atoms with Gasteiger partial charge in [0.05, 0.1) is 0 Å². The van der Waals surface area contributed by atoms with Gasteiger partial charge in [-0.3, -0.25) is 0 Å². The SMILES string of the molecule is NCc1cccc(C2=CCCC=C2)c1. The Morgan fingerprint density at radius 3 is 2.86 bits per heavy atom. The van der Waals surface area contributed by atoms with Crippen LogP contribution in [0.1, 0.15) is 24.0 Å². The number of benzene rings is 1. The molecule has 2 N–H and O–H groups in total. The van der Waals surface area contributed by atoms with E-state index in [-0.39, 0.29) is 0 Å². The lowest BCUT2D eigenvalue weighted by atomic mass is 9.98. The van der Waals surface area contributed by atoms with E-state index in [9.17, 15) is 0 Å². The van der Waals surface area contributed by atoms with Crippen LogP contribution < -0.4 is 5.73 Å². The van der Waals surface area contributed by atoms with Gasteiger partial charge >= 0.3 is 0 Å². The van der Waals surface area contributed by atoms with Crippen LogP contribution in [-0.4, -0.2) is 0 Å². The Balaban J connectivity index is 2.31. The molecule has 1 aromatic carbocycles. The fourth-order valence-electron chi connectivity index (χ4n) is 1.71. The number of allylic oxidation sites excluding steroid dienone is 4. The highest BCUT2D eigenvalue weighted by Gasteiger charge is 2.01. The van der Waals surface area contributed by atoms with Gasteiger partial charge in [0.1, 0.15) is 0 Å². The van der Waals surface area contributed by atoms with Crippen LogP contribution in [0.4, 0.5) is 0 Å². The molecule has 14 heavy (non-hydrogen) atoms. The average Bonchev–Trinajstić information content (AvgIpc) is 2.30. The zero-order valence-electron chi connectivity index (χ0n) is 8.24. The van der Waals surface area contributed by atoms with Crippen LogP contribution in [0.5, 0.6) is 0 Å². The monoisotopic (exact) mass is 185 g/mol. The van der Waals surface area contributed by atoms with Crippen LogP contribution in [0.2, 0.25) is 0 Å². The second-order valence-electron chi connectivity index (χ2n) is 3.54. The van der Waals surface area contributed by atoms with E-state index in [1.54, 1.807) is 0 Å². The van der Waals surface area contributed by atoms with Crippen LogP contribution in [0.15, 0.2) is 42.5 Å². The van der Waals surface area contributed by atoms with Crippen LogP contribution in [-0.2, 0) is 6.54 Å². The first-order chi connectivity index (χ1) is 6.90. The van der Waals surface area contributed by atoms with Crippen molar-refractivity contribution >= 4 is 5.57 Å². The lowest BCUT2D eigenvalue weighted by Crippen LogP contribution is -1.96. The molecule has 0 fully saturated rings. The summed E-state index contributed by atoms with van der Waals surface area (Å²) < 4.78 is 0. The molecule has 0 aromatic heterocycles. The highest BCUT2D eigenvalue weighted by molar-refractivity contribution is 5.75. The Morgan fingerprint density at radius 2 is 2.14 bits per heavy atom. The molecule has 72 valence electrons. The number of hydrogen-bond donors (Lipinski definition) is 1. The quantitative estimate of drug-likeness (QED) is 0.753. The third-order valence-corrected chi connectivity index (χ3v) is 2.49. The van der Waals surface area contributed by atoms with Gasteiger partial charge in [-0.2, -0.15) is 0 Å². The maximum absolute atomic E-state index is 5.61. The maximum atomic E-state index is 5.61. The lowest BCUT2D eigenvalue weighted by Gasteiger charge is -2.08. The topological polar surface area (TPSA) is 26.0 Å². The lowest BCUT2D eigenvalue weighted by molar-refractivity contribution is 1.04. The van der Waals surface area contributed by atoms with E-state index < -0.39 is 0 Å². The molecule has 1 aliphatic rings. The minimum absolute atomic E-state index is 0.616. The summed E-state index contributed by atoms with van der Waals surface area (Å²) in [7, 11) is 0. The highest BCUT2D eigenvalue weighted by atomic mass is 14.5. The summed E-state index contributed by atoms with van der Waals surface area (Å²) >= 11 is 0. The Hall–Kier alpha value is -1.34. The molecule has 0 bridgehead atoms. The molecule has 0 spiro atoms. The van der Waals surface area contributed by atoms with Gasteiger partial charge in [-0.15, -0.1) is 0 Å². The van der Waals surface area contributed by atoms with Gasteiger partial charge in [-0.25, -0.2) is 0 Å². The van der Waals surface area contributed by atoms with Gasteiger partial charge in [0, 0.05) is 6.54 Å². The van der Waals surface area contributed by atoms with Gasteiger partial charge in [0.25, 0.3) is 0 Å². The van der Waals surface area contributed by atoms with E-state index in [4.69, 9.17) is 5.73 Å². The van der Waals surface area contributed by atoms with E-state index in [0.29, 0.717) is 6.54 Å². The molecule has 0 saturated heterocycles. The van der Waals surface area contributed by atoms with E-state index in [1.165, 1.54) is 23.1 Å². The summed E-state index contributed by atoms with van der Waals surface area (Å²) in [6, 6.07) is 8.44. The predicted molar refractivity (Wildman–Crippen MR) is 60.7 cm³/mol. The van der Waals surface area contributed by atoms with Gasteiger partial charge < -0.3 is 5.73 Å². The van der Waals surface area contributed by atoms with Crippen molar-refractivity contribution in [3.63, 3.8) is 0 Å². The number of hydrogen-bond acceptors (Lipinski definition) is 1. The molecule has 0 aliphatic heterocycles. The first-order valence-electron chi connectivity index (χ1n) is 5.06. The van der Waals surface area contributed by atoms with Crippen molar-refractivity contribution in [3.8, 4) is 0 Å². The summed E-state index contributed by atoms with van der Waals surface area (Å²) in [5, 5.41) is 0. The van der Waals surface area contributed by atoms with Crippen molar-refractivity contribution in [1.82, 2.24) is 0 Å². The molecule has 1 aromatic rings. The summed E-state index contributed by atoms with van der Waals surface area (Å²) in [6.07, 6.45) is 9.03. The third kappa shape index (κ3) is 1.94. The molecule has 1 heteroatoms. The zero-order valence-corrected chi connectivity index (χ0v) is 8.24. The molecule has 0 unspecified atom stereocenters. The van der Waals surface area contributed by atoms with Gasteiger partial charge in [0.2, 0.25) is 0 Å². The minimum atomic E-state index is 0.616. The molecule has 0 amide bonds. The minimum Gasteiger partial charge on any atom is -0.326 e. The maximum Gasteiger partial charge on any atom is 0.0178 e. The molecular weight excluding hydrogens is 170 g/mol. The van der Waals surface area contributed by atoms with Crippen LogP contribution in [0, 0.1) is 0 Å². The van der Waals surface area contributed by atoms with Crippen LogP contribution >= 0.6 is 0 Å². The molecule has 1 aliphatic carbocycles. The molecule has 0 radical (unpaired) electrons. The standard InChI is InChI=1S/C13H15N/c14-10-11-5-4-8-13(9-11)12-6-2-1-3-7-12/h2,4-9H,1,3,10,14H2. The van der Waals surface area contributed by atoms with Crippen molar-refractivity contribution in [2.45, 2.75) is 19.4 Å². The van der Waals surface area contributed by atoms with E-state index >= 15 is 0 Å². The Kier molecular flexibility index (Phi) is 2.80. The molecule has 1 nitrogen and oxygen atoms in total. The smallest absolute Gasteiger partial charge is 0.0178 e. The second-order valence-corrected chi connectivity index (χ2v) is 3.54. The van der Waals surface area contributed by atoms with Crippen LogP contribution in [0.3, 0.4) is 0 Å². The molecule has 0 atom stereocenters. The summed E-state index contributed by atoms with van der Waals surface area (Å²) in [5.74, 6) is 0. The summed E-state index contributed by atoms with van der Waals surface area (Å²) in [4.78, 5) is 0. The largest absolute Gasteiger partial charge is 0.326 e. The number of rotatable bonds is 2.